The third kappa shape index (κ3) is 4.20. The van der Waals surface area contributed by atoms with Crippen molar-refractivity contribution in [3.8, 4) is 0 Å². The van der Waals surface area contributed by atoms with Gasteiger partial charge < -0.3 is 10.6 Å². The van der Waals surface area contributed by atoms with Gasteiger partial charge in [0, 0.05) is 13.1 Å². The number of hydrogen-bond donors (Lipinski definition) is 1. The molecule has 1 aromatic rings. The maximum absolute atomic E-state index is 12.5. The van der Waals surface area contributed by atoms with Crippen LogP contribution in [-0.4, -0.2) is 30.4 Å². The predicted octanol–water partition coefficient (Wildman–Crippen LogP) is 2.45. The topological polar surface area (TPSA) is 46.3 Å². The zero-order valence-corrected chi connectivity index (χ0v) is 11.7. The van der Waals surface area contributed by atoms with Crippen molar-refractivity contribution in [2.24, 2.45) is 11.7 Å². The van der Waals surface area contributed by atoms with Crippen molar-refractivity contribution < 1.29 is 18.0 Å². The Hall–Kier alpha value is -1.56. The largest absolute Gasteiger partial charge is 0.416 e. The number of carbonyl (C=O) groups excluding carboxylic acids is 1. The Bertz CT molecular complexity index is 485. The molecule has 1 aliphatic heterocycles. The second-order valence-corrected chi connectivity index (χ2v) is 5.46. The lowest BCUT2D eigenvalue weighted by Gasteiger charge is -2.32. The maximum Gasteiger partial charge on any atom is 0.416 e. The molecular weight excluding hydrogens is 281 g/mol. The first-order valence-corrected chi connectivity index (χ1v) is 7.04. The molecule has 2 rings (SSSR count). The van der Waals surface area contributed by atoms with Crippen molar-refractivity contribution in [1.82, 2.24) is 4.90 Å². The molecule has 0 spiro atoms. The quantitative estimate of drug-likeness (QED) is 0.932. The highest BCUT2D eigenvalue weighted by Gasteiger charge is 2.30. The Balaban J connectivity index is 1.96. The molecule has 1 saturated heterocycles. The molecule has 0 aromatic heterocycles. The van der Waals surface area contributed by atoms with Crippen LogP contribution in [0.5, 0.6) is 0 Å². The highest BCUT2D eigenvalue weighted by molar-refractivity contribution is 5.78. The average molecular weight is 300 g/mol. The van der Waals surface area contributed by atoms with Gasteiger partial charge in [0.05, 0.1) is 12.0 Å². The van der Waals surface area contributed by atoms with Gasteiger partial charge in [-0.2, -0.15) is 13.2 Å². The Labute approximate surface area is 121 Å². The molecule has 1 aromatic carbocycles. The van der Waals surface area contributed by atoms with E-state index in [1.165, 1.54) is 12.1 Å². The SMILES string of the molecule is NCC1CCCN(C(=O)Cc2ccc(C(F)(F)F)cc2)C1. The van der Waals surface area contributed by atoms with E-state index in [1.807, 2.05) is 0 Å². The van der Waals surface area contributed by atoms with Crippen molar-refractivity contribution in [3.05, 3.63) is 35.4 Å². The van der Waals surface area contributed by atoms with E-state index in [0.717, 1.165) is 25.0 Å². The van der Waals surface area contributed by atoms with Gasteiger partial charge in [-0.1, -0.05) is 12.1 Å². The number of alkyl halides is 3. The lowest BCUT2D eigenvalue weighted by molar-refractivity contribution is -0.137. The lowest BCUT2D eigenvalue weighted by Crippen LogP contribution is -2.42. The molecule has 0 bridgehead atoms. The molecule has 116 valence electrons. The van der Waals surface area contributed by atoms with Crippen LogP contribution in [0.2, 0.25) is 0 Å². The summed E-state index contributed by atoms with van der Waals surface area (Å²) in [6.45, 7) is 1.91. The van der Waals surface area contributed by atoms with Gasteiger partial charge in [-0.3, -0.25) is 4.79 Å². The molecule has 1 atom stereocenters. The summed E-state index contributed by atoms with van der Waals surface area (Å²) >= 11 is 0. The summed E-state index contributed by atoms with van der Waals surface area (Å²) in [4.78, 5) is 13.9. The van der Waals surface area contributed by atoms with Crippen LogP contribution >= 0.6 is 0 Å². The molecule has 1 fully saturated rings. The van der Waals surface area contributed by atoms with Gasteiger partial charge in [0.2, 0.25) is 5.91 Å². The van der Waals surface area contributed by atoms with Crippen molar-refractivity contribution in [1.29, 1.82) is 0 Å². The van der Waals surface area contributed by atoms with E-state index in [4.69, 9.17) is 5.73 Å². The van der Waals surface area contributed by atoms with Crippen molar-refractivity contribution in [2.45, 2.75) is 25.4 Å². The van der Waals surface area contributed by atoms with E-state index in [9.17, 15) is 18.0 Å². The Morgan fingerprint density at radius 1 is 1.29 bits per heavy atom. The third-order valence-electron chi connectivity index (χ3n) is 3.84. The number of amides is 1. The fourth-order valence-electron chi connectivity index (χ4n) is 2.58. The predicted molar refractivity (Wildman–Crippen MR) is 73.5 cm³/mol. The number of piperidine rings is 1. The summed E-state index contributed by atoms with van der Waals surface area (Å²) in [5, 5.41) is 0. The van der Waals surface area contributed by atoms with Crippen LogP contribution in [0.1, 0.15) is 24.0 Å². The molecule has 1 unspecified atom stereocenters. The van der Waals surface area contributed by atoms with Crippen LogP contribution in [0.15, 0.2) is 24.3 Å². The van der Waals surface area contributed by atoms with E-state index in [-0.39, 0.29) is 12.3 Å². The number of likely N-dealkylation sites (tertiary alicyclic amines) is 1. The first-order chi connectivity index (χ1) is 9.90. The van der Waals surface area contributed by atoms with Crippen molar-refractivity contribution in [3.63, 3.8) is 0 Å². The smallest absolute Gasteiger partial charge is 0.342 e. The summed E-state index contributed by atoms with van der Waals surface area (Å²) in [7, 11) is 0. The van der Waals surface area contributed by atoms with Crippen LogP contribution in [-0.2, 0) is 17.4 Å². The van der Waals surface area contributed by atoms with Gasteiger partial charge in [0.25, 0.3) is 0 Å². The zero-order valence-electron chi connectivity index (χ0n) is 11.7. The second-order valence-electron chi connectivity index (χ2n) is 5.46. The first-order valence-electron chi connectivity index (χ1n) is 7.04. The Kier molecular flexibility index (Phi) is 4.88. The van der Waals surface area contributed by atoms with E-state index in [1.54, 1.807) is 4.90 Å². The molecule has 2 N–H and O–H groups in total. The second kappa shape index (κ2) is 6.47. The van der Waals surface area contributed by atoms with Crippen LogP contribution in [0.3, 0.4) is 0 Å². The fraction of sp³-hybridized carbons (Fsp3) is 0.533. The number of nitrogens with two attached hydrogens (primary N) is 1. The molecule has 1 amide bonds. The number of rotatable bonds is 3. The van der Waals surface area contributed by atoms with E-state index in [0.29, 0.717) is 31.1 Å². The van der Waals surface area contributed by atoms with Gasteiger partial charge >= 0.3 is 6.18 Å². The Morgan fingerprint density at radius 2 is 1.95 bits per heavy atom. The minimum absolute atomic E-state index is 0.0482. The monoisotopic (exact) mass is 300 g/mol. The van der Waals surface area contributed by atoms with Gasteiger partial charge in [0.15, 0.2) is 0 Å². The molecule has 0 radical (unpaired) electrons. The normalized spacial score (nSPS) is 19.6. The summed E-state index contributed by atoms with van der Waals surface area (Å²) in [6, 6.07) is 4.76. The minimum atomic E-state index is -4.34. The van der Waals surface area contributed by atoms with Crippen LogP contribution in [0, 0.1) is 5.92 Å². The summed E-state index contributed by atoms with van der Waals surface area (Å²) in [5.74, 6) is 0.281. The average Bonchev–Trinajstić information content (AvgIpc) is 2.47. The fourth-order valence-corrected chi connectivity index (χ4v) is 2.58. The third-order valence-corrected chi connectivity index (χ3v) is 3.84. The van der Waals surface area contributed by atoms with Crippen LogP contribution in [0.25, 0.3) is 0 Å². The number of carbonyl (C=O) groups is 1. The molecule has 6 heteroatoms. The molecule has 1 aliphatic rings. The highest BCUT2D eigenvalue weighted by Crippen LogP contribution is 2.29. The summed E-state index contributed by atoms with van der Waals surface area (Å²) in [5.41, 5.74) is 5.54. The van der Waals surface area contributed by atoms with E-state index < -0.39 is 11.7 Å². The van der Waals surface area contributed by atoms with Crippen molar-refractivity contribution in [2.75, 3.05) is 19.6 Å². The summed E-state index contributed by atoms with van der Waals surface area (Å²) in [6.07, 6.45) is -2.25. The van der Waals surface area contributed by atoms with Gasteiger partial charge in [-0.15, -0.1) is 0 Å². The Morgan fingerprint density at radius 3 is 2.52 bits per heavy atom. The first kappa shape index (κ1) is 15.8. The molecule has 0 aliphatic carbocycles. The zero-order chi connectivity index (χ0) is 15.5. The number of nitrogens with zero attached hydrogens (tertiary/aromatic N) is 1. The lowest BCUT2D eigenvalue weighted by atomic mass is 9.97. The van der Waals surface area contributed by atoms with Crippen molar-refractivity contribution >= 4 is 5.91 Å². The molecule has 3 nitrogen and oxygen atoms in total. The number of hydrogen-bond acceptors (Lipinski definition) is 2. The van der Waals surface area contributed by atoms with E-state index in [2.05, 4.69) is 0 Å². The molecule has 21 heavy (non-hydrogen) atoms. The number of halogens is 3. The molecule has 1 heterocycles. The van der Waals surface area contributed by atoms with Crippen LogP contribution < -0.4 is 5.73 Å². The maximum atomic E-state index is 12.5. The molecular formula is C15H19F3N2O. The van der Waals surface area contributed by atoms with Gasteiger partial charge in [-0.25, -0.2) is 0 Å². The molecule has 0 saturated carbocycles. The van der Waals surface area contributed by atoms with Crippen LogP contribution in [0.4, 0.5) is 13.2 Å². The minimum Gasteiger partial charge on any atom is -0.342 e. The summed E-state index contributed by atoms with van der Waals surface area (Å²) < 4.78 is 37.4. The highest BCUT2D eigenvalue weighted by atomic mass is 19.4. The van der Waals surface area contributed by atoms with E-state index >= 15 is 0 Å². The standard InChI is InChI=1S/C15H19F3N2O/c16-15(17,18)13-5-3-11(4-6-13)8-14(21)20-7-1-2-12(9-19)10-20/h3-6,12H,1-2,7-10,19H2. The van der Waals surface area contributed by atoms with Gasteiger partial charge in [-0.05, 0) is 43.0 Å². The van der Waals surface area contributed by atoms with Gasteiger partial charge in [0.1, 0.15) is 0 Å². The number of benzene rings is 1.